The Kier molecular flexibility index (Phi) is 2.27. The average Bonchev–Trinajstić information content (AvgIpc) is 1.21. The van der Waals surface area contributed by atoms with Crippen molar-refractivity contribution >= 4 is 11.9 Å². The predicted molar refractivity (Wildman–Crippen MR) is 34.3 cm³/mol. The average molecular weight is 135 g/mol. The van der Waals surface area contributed by atoms with Gasteiger partial charge in [-0.05, 0) is 20.8 Å². The lowest BCUT2D eigenvalue weighted by Gasteiger charge is -2.06. The summed E-state index contributed by atoms with van der Waals surface area (Å²) in [7, 11) is 0. The van der Waals surface area contributed by atoms with Gasteiger partial charge < -0.3 is 0 Å². The molecule has 0 spiro atoms. The Morgan fingerprint density at radius 3 is 1.88 bits per heavy atom. The van der Waals surface area contributed by atoms with Crippen molar-refractivity contribution in [3.63, 3.8) is 0 Å². The van der Waals surface area contributed by atoms with E-state index in [9.17, 15) is 10.1 Å². The Bertz CT molecular complexity index is 96.7. The van der Waals surface area contributed by atoms with Crippen LogP contribution in [0.15, 0.2) is 0 Å². The minimum absolute atomic E-state index is 0.260. The highest BCUT2D eigenvalue weighted by atomic mass is 32.2. The van der Waals surface area contributed by atoms with Crippen molar-refractivity contribution in [1.82, 2.24) is 0 Å². The fourth-order valence-corrected chi connectivity index (χ4v) is 0.671. The first-order chi connectivity index (χ1) is 3.42. The summed E-state index contributed by atoms with van der Waals surface area (Å²) >= 11 is 0.734. The van der Waals surface area contributed by atoms with Crippen LogP contribution in [0.3, 0.4) is 0 Å². The topological polar surface area (TPSA) is 43.1 Å². The van der Waals surface area contributed by atoms with Crippen LogP contribution in [0, 0.1) is 10.1 Å². The Labute approximate surface area is 52.7 Å². The highest BCUT2D eigenvalue weighted by molar-refractivity contribution is 7.94. The molecule has 0 amide bonds. The Balaban J connectivity index is 3.55. The summed E-state index contributed by atoms with van der Waals surface area (Å²) in [5, 5.41) is 9.78. The summed E-state index contributed by atoms with van der Waals surface area (Å²) < 4.78 is -0.635. The second kappa shape index (κ2) is 2.35. The standard InChI is InChI=1S/C4H9NO2S/c1-4(2,3)8-5(6)7/h1-3H3. The summed E-state index contributed by atoms with van der Waals surface area (Å²) in [4.78, 5) is 9.78. The first kappa shape index (κ1) is 7.75. The minimum atomic E-state index is -0.375. The lowest BCUT2D eigenvalue weighted by molar-refractivity contribution is -0.286. The van der Waals surface area contributed by atoms with Gasteiger partial charge in [0.1, 0.15) is 4.33 Å². The van der Waals surface area contributed by atoms with Gasteiger partial charge in [0.2, 0.25) is 11.9 Å². The van der Waals surface area contributed by atoms with Crippen molar-refractivity contribution in [2.75, 3.05) is 0 Å². The van der Waals surface area contributed by atoms with Crippen LogP contribution in [0.4, 0.5) is 0 Å². The molecule has 0 N–H and O–H groups in total. The molecule has 0 aromatic rings. The van der Waals surface area contributed by atoms with Gasteiger partial charge >= 0.3 is 0 Å². The third kappa shape index (κ3) is 5.75. The molecule has 0 fully saturated rings. The summed E-state index contributed by atoms with van der Waals surface area (Å²) in [5.41, 5.74) is 0. The van der Waals surface area contributed by atoms with E-state index in [1.165, 1.54) is 0 Å². The molecular formula is C4H9NO2S. The summed E-state index contributed by atoms with van der Waals surface area (Å²) in [6, 6.07) is 0. The van der Waals surface area contributed by atoms with Crippen LogP contribution in [-0.2, 0) is 0 Å². The van der Waals surface area contributed by atoms with Crippen LogP contribution in [0.2, 0.25) is 0 Å². The van der Waals surface area contributed by atoms with E-state index in [2.05, 4.69) is 0 Å². The van der Waals surface area contributed by atoms with Gasteiger partial charge in [-0.2, -0.15) is 0 Å². The molecule has 0 aromatic heterocycles. The largest absolute Gasteiger partial charge is 0.251 e. The molecule has 0 saturated carbocycles. The van der Waals surface area contributed by atoms with E-state index in [0.717, 1.165) is 11.9 Å². The number of nitro groups is 1. The highest BCUT2D eigenvalue weighted by Crippen LogP contribution is 2.22. The van der Waals surface area contributed by atoms with Gasteiger partial charge in [0.15, 0.2) is 0 Å². The first-order valence-electron chi connectivity index (χ1n) is 2.25. The van der Waals surface area contributed by atoms with Gasteiger partial charge in [0.05, 0.1) is 4.75 Å². The Morgan fingerprint density at radius 2 is 1.88 bits per heavy atom. The molecule has 0 radical (unpaired) electrons. The molecule has 4 heteroatoms. The third-order valence-corrected chi connectivity index (χ3v) is 1.05. The molecule has 0 unspecified atom stereocenters. The molecule has 0 bridgehead atoms. The van der Waals surface area contributed by atoms with Crippen molar-refractivity contribution in [2.45, 2.75) is 25.5 Å². The summed E-state index contributed by atoms with van der Waals surface area (Å²) in [6.07, 6.45) is 0. The molecule has 0 aliphatic carbocycles. The minimum Gasteiger partial charge on any atom is -0.251 e. The Morgan fingerprint density at radius 1 is 1.50 bits per heavy atom. The van der Waals surface area contributed by atoms with Crippen LogP contribution in [0.5, 0.6) is 0 Å². The second-order valence-corrected chi connectivity index (χ2v) is 4.13. The van der Waals surface area contributed by atoms with Crippen LogP contribution >= 0.6 is 11.9 Å². The van der Waals surface area contributed by atoms with Crippen LogP contribution in [-0.4, -0.2) is 9.08 Å². The fraction of sp³-hybridized carbons (Fsp3) is 1.00. The maximum Gasteiger partial charge on any atom is 0.234 e. The van der Waals surface area contributed by atoms with Gasteiger partial charge in [0.25, 0.3) is 0 Å². The summed E-state index contributed by atoms with van der Waals surface area (Å²) in [6.45, 7) is 5.42. The van der Waals surface area contributed by atoms with Crippen molar-refractivity contribution in [1.29, 1.82) is 0 Å². The van der Waals surface area contributed by atoms with Crippen molar-refractivity contribution in [3.8, 4) is 0 Å². The monoisotopic (exact) mass is 135 g/mol. The van der Waals surface area contributed by atoms with E-state index < -0.39 is 0 Å². The smallest absolute Gasteiger partial charge is 0.234 e. The maximum absolute atomic E-state index is 9.78. The van der Waals surface area contributed by atoms with Crippen molar-refractivity contribution in [2.24, 2.45) is 0 Å². The van der Waals surface area contributed by atoms with E-state index in [1.807, 2.05) is 0 Å². The fourth-order valence-electron chi connectivity index (χ4n) is 0.224. The highest BCUT2D eigenvalue weighted by Gasteiger charge is 2.20. The molecule has 0 aromatic carbocycles. The van der Waals surface area contributed by atoms with Gasteiger partial charge in [-0.15, -0.1) is 0 Å². The predicted octanol–water partition coefficient (Wildman–Crippen LogP) is 1.71. The molecule has 8 heavy (non-hydrogen) atoms. The first-order valence-corrected chi connectivity index (χ1v) is 3.03. The van der Waals surface area contributed by atoms with Crippen LogP contribution < -0.4 is 0 Å². The molecule has 0 aliphatic rings. The lowest BCUT2D eigenvalue weighted by atomic mass is 10.3. The van der Waals surface area contributed by atoms with Gasteiger partial charge in [0, 0.05) is 0 Å². The lowest BCUT2D eigenvalue weighted by Crippen LogP contribution is -2.10. The van der Waals surface area contributed by atoms with Crippen molar-refractivity contribution < 1.29 is 4.33 Å². The zero-order valence-electron chi connectivity index (χ0n) is 5.17. The van der Waals surface area contributed by atoms with Gasteiger partial charge in [-0.25, -0.2) is 0 Å². The summed E-state index contributed by atoms with van der Waals surface area (Å²) in [5.74, 6) is 0. The SMILES string of the molecule is CC(C)(C)S[N+](=O)[O-]. The van der Waals surface area contributed by atoms with Gasteiger partial charge in [-0.3, -0.25) is 10.1 Å². The molecule has 0 heterocycles. The molecule has 0 saturated heterocycles. The molecule has 0 rings (SSSR count). The van der Waals surface area contributed by atoms with E-state index in [0.29, 0.717) is 0 Å². The normalized spacial score (nSPS) is 11.4. The third-order valence-electron chi connectivity index (χ3n) is 0.348. The van der Waals surface area contributed by atoms with E-state index in [1.54, 1.807) is 20.8 Å². The van der Waals surface area contributed by atoms with E-state index in [4.69, 9.17) is 0 Å². The molecule has 3 nitrogen and oxygen atoms in total. The quantitative estimate of drug-likeness (QED) is 0.312. The number of nitrogens with zero attached hydrogens (tertiary/aromatic N) is 1. The van der Waals surface area contributed by atoms with Crippen LogP contribution in [0.25, 0.3) is 0 Å². The van der Waals surface area contributed by atoms with Crippen molar-refractivity contribution in [3.05, 3.63) is 10.1 Å². The zero-order valence-corrected chi connectivity index (χ0v) is 5.99. The molecule has 48 valence electrons. The zero-order chi connectivity index (χ0) is 6.78. The van der Waals surface area contributed by atoms with Gasteiger partial charge in [-0.1, -0.05) is 0 Å². The van der Waals surface area contributed by atoms with E-state index in [-0.39, 0.29) is 9.08 Å². The molecule has 0 atom stereocenters. The molecular weight excluding hydrogens is 126 g/mol. The number of rotatable bonds is 1. The molecule has 0 aliphatic heterocycles. The van der Waals surface area contributed by atoms with Crippen LogP contribution in [0.1, 0.15) is 20.8 Å². The second-order valence-electron chi connectivity index (χ2n) is 2.43. The number of hydrogen-bond acceptors (Lipinski definition) is 3. The maximum atomic E-state index is 9.78. The number of hydrogen-bond donors (Lipinski definition) is 0. The van der Waals surface area contributed by atoms with E-state index >= 15 is 0 Å². The Hall–Kier alpha value is -0.250.